The number of amides is 1. The number of pyridine rings is 1. The van der Waals surface area contributed by atoms with Crippen LogP contribution < -0.4 is 10.6 Å². The second-order valence-electron chi connectivity index (χ2n) is 9.31. The molecule has 0 bridgehead atoms. The number of nitrogens with one attached hydrogen (secondary N) is 2. The van der Waals surface area contributed by atoms with Crippen LogP contribution >= 0.6 is 12.2 Å². The zero-order valence-corrected chi connectivity index (χ0v) is 20.3. The molecule has 2 aromatic heterocycles. The van der Waals surface area contributed by atoms with Crippen LogP contribution in [0.4, 0.5) is 5.69 Å². The number of aromatic nitrogens is 2. The van der Waals surface area contributed by atoms with Gasteiger partial charge in [-0.3, -0.25) is 9.78 Å². The first kappa shape index (κ1) is 22.6. The molecule has 2 fully saturated rings. The van der Waals surface area contributed by atoms with Crippen LogP contribution in [-0.4, -0.2) is 32.0 Å². The van der Waals surface area contributed by atoms with Crippen LogP contribution in [0.15, 0.2) is 67.1 Å². The molecule has 6 nitrogen and oxygen atoms in total. The van der Waals surface area contributed by atoms with E-state index in [1.54, 1.807) is 0 Å². The quantitative estimate of drug-likeness (QED) is 0.456. The fraction of sp³-hybridized carbons (Fsp3) is 0.370. The van der Waals surface area contributed by atoms with E-state index < -0.39 is 0 Å². The third-order valence-corrected chi connectivity index (χ3v) is 7.29. The predicted molar refractivity (Wildman–Crippen MR) is 139 cm³/mol. The Hall–Kier alpha value is -3.19. The average Bonchev–Trinajstić information content (AvgIpc) is 3.60. The second kappa shape index (κ2) is 9.97. The summed E-state index contributed by atoms with van der Waals surface area (Å²) in [4.78, 5) is 19.5. The van der Waals surface area contributed by atoms with E-state index in [2.05, 4.69) is 43.5 Å². The van der Waals surface area contributed by atoms with E-state index in [1.807, 2.05) is 55.6 Å². The first-order chi connectivity index (χ1) is 16.6. The molecule has 0 unspecified atom stereocenters. The van der Waals surface area contributed by atoms with Crippen LogP contribution in [0.1, 0.15) is 67.1 Å². The Kier molecular flexibility index (Phi) is 6.63. The minimum atomic E-state index is -0.0618. The van der Waals surface area contributed by atoms with Gasteiger partial charge < -0.3 is 20.1 Å². The molecule has 5 rings (SSSR count). The van der Waals surface area contributed by atoms with Crippen molar-refractivity contribution in [3.05, 3.63) is 83.9 Å². The fourth-order valence-electron chi connectivity index (χ4n) is 5.13. The minimum Gasteiger partial charge on any atom is -0.352 e. The molecule has 2 atom stereocenters. The van der Waals surface area contributed by atoms with Gasteiger partial charge in [-0.05, 0) is 67.9 Å². The molecule has 1 saturated carbocycles. The molecule has 2 N–H and O–H groups in total. The topological polar surface area (TPSA) is 62.2 Å². The highest BCUT2D eigenvalue weighted by Crippen LogP contribution is 2.40. The number of hydrogen-bond acceptors (Lipinski definition) is 3. The predicted octanol–water partition coefficient (Wildman–Crippen LogP) is 5.31. The van der Waals surface area contributed by atoms with E-state index in [-0.39, 0.29) is 18.0 Å². The van der Waals surface area contributed by atoms with Crippen molar-refractivity contribution < 1.29 is 4.79 Å². The molecular weight excluding hydrogens is 442 g/mol. The molecule has 34 heavy (non-hydrogen) atoms. The lowest BCUT2D eigenvalue weighted by Gasteiger charge is -2.27. The maximum atomic E-state index is 12.7. The van der Waals surface area contributed by atoms with Crippen molar-refractivity contribution in [2.45, 2.75) is 57.2 Å². The first-order valence-electron chi connectivity index (χ1n) is 12.1. The summed E-state index contributed by atoms with van der Waals surface area (Å²) in [5.74, 6) is -0.0183. The van der Waals surface area contributed by atoms with Crippen LogP contribution in [0.3, 0.4) is 0 Å². The molecule has 1 saturated heterocycles. The molecule has 1 aliphatic heterocycles. The van der Waals surface area contributed by atoms with Crippen molar-refractivity contribution in [2.24, 2.45) is 0 Å². The summed E-state index contributed by atoms with van der Waals surface area (Å²) in [7, 11) is 0. The van der Waals surface area contributed by atoms with E-state index in [4.69, 9.17) is 12.2 Å². The summed E-state index contributed by atoms with van der Waals surface area (Å²) < 4.78 is 2.36. The fourth-order valence-corrected chi connectivity index (χ4v) is 5.46. The van der Waals surface area contributed by atoms with Crippen molar-refractivity contribution in [1.29, 1.82) is 0 Å². The number of thiocarbonyl (C=S) groups is 1. The SMILES string of the molecule is Cc1ccc(NC(=O)CCN2C(=S)N[C@@H](c3ccccn3)[C@@H]2c2ccn(C3CCCC3)c2)cc1. The molecule has 0 radical (unpaired) electrons. The maximum Gasteiger partial charge on any atom is 0.226 e. The summed E-state index contributed by atoms with van der Waals surface area (Å²) in [6.45, 7) is 2.57. The lowest BCUT2D eigenvalue weighted by molar-refractivity contribution is -0.116. The number of carbonyl (C=O) groups excluding carboxylic acids is 1. The van der Waals surface area contributed by atoms with Gasteiger partial charge in [-0.15, -0.1) is 0 Å². The normalized spacial score (nSPS) is 20.5. The van der Waals surface area contributed by atoms with Gasteiger partial charge in [-0.2, -0.15) is 0 Å². The summed E-state index contributed by atoms with van der Waals surface area (Å²) in [5.41, 5.74) is 4.14. The Bertz CT molecular complexity index is 1140. The highest BCUT2D eigenvalue weighted by molar-refractivity contribution is 7.80. The lowest BCUT2D eigenvalue weighted by Crippen LogP contribution is -2.32. The molecular formula is C27H31N5OS. The Morgan fingerprint density at radius 2 is 1.94 bits per heavy atom. The number of anilines is 1. The third kappa shape index (κ3) is 4.85. The van der Waals surface area contributed by atoms with Crippen LogP contribution in [0.2, 0.25) is 0 Å². The van der Waals surface area contributed by atoms with Gasteiger partial charge in [0, 0.05) is 43.3 Å². The van der Waals surface area contributed by atoms with E-state index >= 15 is 0 Å². The zero-order valence-electron chi connectivity index (χ0n) is 19.5. The Morgan fingerprint density at radius 3 is 2.68 bits per heavy atom. The van der Waals surface area contributed by atoms with Gasteiger partial charge in [-0.1, -0.05) is 36.6 Å². The number of aryl methyl sites for hydroxylation is 1. The number of benzene rings is 1. The number of nitrogens with zero attached hydrogens (tertiary/aromatic N) is 3. The lowest BCUT2D eigenvalue weighted by atomic mass is 9.99. The van der Waals surface area contributed by atoms with E-state index in [0.717, 1.165) is 11.4 Å². The van der Waals surface area contributed by atoms with Crippen molar-refractivity contribution in [1.82, 2.24) is 19.8 Å². The number of hydrogen-bond donors (Lipinski definition) is 2. The van der Waals surface area contributed by atoms with E-state index in [0.29, 0.717) is 24.1 Å². The van der Waals surface area contributed by atoms with Crippen molar-refractivity contribution in [2.75, 3.05) is 11.9 Å². The van der Waals surface area contributed by atoms with E-state index in [1.165, 1.54) is 36.8 Å². The Labute approximate surface area is 206 Å². The molecule has 1 aliphatic carbocycles. The van der Waals surface area contributed by atoms with Crippen LogP contribution in [0, 0.1) is 6.92 Å². The van der Waals surface area contributed by atoms with Gasteiger partial charge in [0.05, 0.1) is 17.8 Å². The van der Waals surface area contributed by atoms with Crippen molar-refractivity contribution in [3.8, 4) is 0 Å². The maximum absolute atomic E-state index is 12.7. The summed E-state index contributed by atoms with van der Waals surface area (Å²) >= 11 is 5.75. The summed E-state index contributed by atoms with van der Waals surface area (Å²) in [6.07, 6.45) is 11.7. The minimum absolute atomic E-state index is 0.0165. The largest absolute Gasteiger partial charge is 0.352 e. The highest BCUT2D eigenvalue weighted by Gasteiger charge is 2.40. The van der Waals surface area contributed by atoms with E-state index in [9.17, 15) is 4.79 Å². The second-order valence-corrected chi connectivity index (χ2v) is 9.70. The smallest absolute Gasteiger partial charge is 0.226 e. The third-order valence-electron chi connectivity index (χ3n) is 6.94. The zero-order chi connectivity index (χ0) is 23.5. The molecule has 0 spiro atoms. The van der Waals surface area contributed by atoms with Crippen LogP contribution in [0.25, 0.3) is 0 Å². The van der Waals surface area contributed by atoms with Crippen LogP contribution in [0.5, 0.6) is 0 Å². The van der Waals surface area contributed by atoms with Gasteiger partial charge in [-0.25, -0.2) is 0 Å². The molecule has 7 heteroatoms. The van der Waals surface area contributed by atoms with Crippen molar-refractivity contribution in [3.63, 3.8) is 0 Å². The van der Waals surface area contributed by atoms with Gasteiger partial charge >= 0.3 is 0 Å². The van der Waals surface area contributed by atoms with Gasteiger partial charge in [0.25, 0.3) is 0 Å². The van der Waals surface area contributed by atoms with Crippen LogP contribution in [-0.2, 0) is 4.79 Å². The average molecular weight is 474 g/mol. The molecule has 176 valence electrons. The number of rotatable bonds is 7. The monoisotopic (exact) mass is 473 g/mol. The van der Waals surface area contributed by atoms with Gasteiger partial charge in [0.1, 0.15) is 0 Å². The Balaban J connectivity index is 1.35. The number of carbonyl (C=O) groups is 1. The molecule has 2 aliphatic rings. The Morgan fingerprint density at radius 1 is 1.15 bits per heavy atom. The first-order valence-corrected chi connectivity index (χ1v) is 12.5. The van der Waals surface area contributed by atoms with Gasteiger partial charge in [0.15, 0.2) is 5.11 Å². The van der Waals surface area contributed by atoms with Crippen molar-refractivity contribution >= 4 is 28.9 Å². The summed E-state index contributed by atoms with van der Waals surface area (Å²) in [6, 6.07) is 16.5. The molecule has 3 aromatic rings. The standard InChI is InChI=1S/C27H31N5OS/c1-19-9-11-21(12-10-19)29-24(33)14-17-32-26(20-13-16-31(18-20)22-6-2-3-7-22)25(30-27(32)34)23-8-4-5-15-28-23/h4-5,8-13,15-16,18,22,25-26H,2-3,6-7,14,17H2,1H3,(H,29,33)(H,30,34)/t25-,26-/m0/s1. The molecule has 1 amide bonds. The summed E-state index contributed by atoms with van der Waals surface area (Å²) in [5, 5.41) is 7.15. The molecule has 1 aromatic carbocycles. The highest BCUT2D eigenvalue weighted by atomic mass is 32.1. The van der Waals surface area contributed by atoms with Gasteiger partial charge in [0.2, 0.25) is 5.91 Å². The molecule has 3 heterocycles.